The topological polar surface area (TPSA) is 37.8 Å². The Kier molecular flexibility index (Phi) is 3.47. The Morgan fingerprint density at radius 1 is 1.18 bits per heavy atom. The van der Waals surface area contributed by atoms with E-state index in [-0.39, 0.29) is 5.56 Å². The van der Waals surface area contributed by atoms with Crippen molar-refractivity contribution in [3.05, 3.63) is 46.2 Å². The normalized spacial score (nSPS) is 10.7. The van der Waals surface area contributed by atoms with Crippen LogP contribution in [0.1, 0.15) is 25.8 Å². The molecule has 2 rings (SSSR count). The van der Waals surface area contributed by atoms with Crippen molar-refractivity contribution in [2.24, 2.45) is 0 Å². The van der Waals surface area contributed by atoms with E-state index in [4.69, 9.17) is 0 Å². The summed E-state index contributed by atoms with van der Waals surface area (Å²) in [7, 11) is 0. The van der Waals surface area contributed by atoms with E-state index >= 15 is 0 Å². The zero-order valence-corrected chi connectivity index (χ0v) is 10.4. The summed E-state index contributed by atoms with van der Waals surface area (Å²) in [5, 5.41) is 3.22. The van der Waals surface area contributed by atoms with Gasteiger partial charge in [-0.15, -0.1) is 0 Å². The Bertz CT molecular complexity index is 537. The van der Waals surface area contributed by atoms with Gasteiger partial charge in [0.1, 0.15) is 0 Å². The molecule has 0 amide bonds. The highest BCUT2D eigenvalue weighted by Gasteiger charge is 2.12. The molecule has 0 aliphatic rings. The van der Waals surface area contributed by atoms with Gasteiger partial charge < -0.3 is 0 Å². The maximum Gasteiger partial charge on any atom is 0.270 e. The number of H-pyrrole nitrogens is 1. The molecule has 0 fully saturated rings. The number of aromatic amines is 1. The summed E-state index contributed by atoms with van der Waals surface area (Å²) < 4.78 is 1.71. The van der Waals surface area contributed by atoms with Gasteiger partial charge in [-0.1, -0.05) is 44.2 Å². The van der Waals surface area contributed by atoms with Crippen LogP contribution in [0, 0.1) is 0 Å². The lowest BCUT2D eigenvalue weighted by atomic mass is 10.1. The van der Waals surface area contributed by atoms with Crippen LogP contribution in [0.25, 0.3) is 11.3 Å². The Hall–Kier alpha value is -1.77. The van der Waals surface area contributed by atoms with E-state index in [1.807, 2.05) is 37.3 Å². The van der Waals surface area contributed by atoms with Crippen LogP contribution in [0.3, 0.4) is 0 Å². The van der Waals surface area contributed by atoms with E-state index < -0.39 is 0 Å². The molecule has 2 aromatic rings. The van der Waals surface area contributed by atoms with E-state index in [1.165, 1.54) is 0 Å². The van der Waals surface area contributed by atoms with Crippen LogP contribution in [-0.4, -0.2) is 9.78 Å². The van der Waals surface area contributed by atoms with Crippen LogP contribution in [-0.2, 0) is 13.0 Å². The van der Waals surface area contributed by atoms with E-state index in [0.717, 1.165) is 36.2 Å². The van der Waals surface area contributed by atoms with Gasteiger partial charge in [-0.2, -0.15) is 0 Å². The molecule has 0 unspecified atom stereocenters. The van der Waals surface area contributed by atoms with Crippen LogP contribution >= 0.6 is 0 Å². The molecule has 0 atom stereocenters. The highest BCUT2D eigenvalue weighted by atomic mass is 16.1. The van der Waals surface area contributed by atoms with Crippen molar-refractivity contribution in [1.29, 1.82) is 0 Å². The number of aryl methyl sites for hydroxylation is 1. The van der Waals surface area contributed by atoms with Gasteiger partial charge in [0.2, 0.25) is 0 Å². The van der Waals surface area contributed by atoms with Crippen molar-refractivity contribution in [3.63, 3.8) is 0 Å². The summed E-state index contributed by atoms with van der Waals surface area (Å²) in [5.74, 6) is 0. The first-order valence-corrected chi connectivity index (χ1v) is 6.15. The largest absolute Gasteiger partial charge is 0.295 e. The second-order valence-electron chi connectivity index (χ2n) is 4.14. The molecule has 1 aromatic carbocycles. The monoisotopic (exact) mass is 230 g/mol. The molecule has 90 valence electrons. The zero-order chi connectivity index (χ0) is 12.3. The summed E-state index contributed by atoms with van der Waals surface area (Å²) >= 11 is 0. The van der Waals surface area contributed by atoms with Crippen molar-refractivity contribution >= 4 is 0 Å². The van der Waals surface area contributed by atoms with Gasteiger partial charge in [0, 0.05) is 12.1 Å². The summed E-state index contributed by atoms with van der Waals surface area (Å²) in [6.07, 6.45) is 1.72. The Morgan fingerprint density at radius 2 is 1.88 bits per heavy atom. The molecule has 1 N–H and O–H groups in total. The first-order chi connectivity index (χ1) is 8.27. The third-order valence-electron chi connectivity index (χ3n) is 2.92. The van der Waals surface area contributed by atoms with E-state index in [1.54, 1.807) is 4.68 Å². The summed E-state index contributed by atoms with van der Waals surface area (Å²) in [4.78, 5) is 12.1. The average molecular weight is 230 g/mol. The minimum atomic E-state index is 0.119. The number of nitrogens with one attached hydrogen (secondary N) is 1. The molecule has 0 spiro atoms. The van der Waals surface area contributed by atoms with Crippen molar-refractivity contribution in [1.82, 2.24) is 9.78 Å². The average Bonchev–Trinajstić information content (AvgIpc) is 2.68. The third-order valence-corrected chi connectivity index (χ3v) is 2.92. The molecular weight excluding hydrogens is 212 g/mol. The van der Waals surface area contributed by atoms with Crippen LogP contribution < -0.4 is 5.56 Å². The van der Waals surface area contributed by atoms with Gasteiger partial charge in [0.05, 0.1) is 5.69 Å². The molecule has 3 heteroatoms. The molecule has 0 saturated heterocycles. The summed E-state index contributed by atoms with van der Waals surface area (Å²) in [6.45, 7) is 4.84. The number of hydrogen-bond donors (Lipinski definition) is 1. The zero-order valence-electron chi connectivity index (χ0n) is 10.4. The number of nitrogens with zero attached hydrogens (tertiary/aromatic N) is 1. The Balaban J connectivity index is 2.54. The maximum atomic E-state index is 12.1. The number of hydrogen-bond acceptors (Lipinski definition) is 1. The molecule has 0 radical (unpaired) electrons. The molecule has 0 aliphatic heterocycles. The van der Waals surface area contributed by atoms with Crippen LogP contribution in [0.2, 0.25) is 0 Å². The van der Waals surface area contributed by atoms with Gasteiger partial charge in [-0.05, 0) is 18.4 Å². The maximum absolute atomic E-state index is 12.1. The molecule has 1 aromatic heterocycles. The molecule has 0 bridgehead atoms. The number of rotatable bonds is 4. The lowest BCUT2D eigenvalue weighted by molar-refractivity contribution is 0.585. The summed E-state index contributed by atoms with van der Waals surface area (Å²) in [6, 6.07) is 10.0. The van der Waals surface area contributed by atoms with Crippen molar-refractivity contribution < 1.29 is 0 Å². The molecule has 0 saturated carbocycles. The fourth-order valence-corrected chi connectivity index (χ4v) is 2.08. The summed E-state index contributed by atoms with van der Waals surface area (Å²) in [5.41, 5.74) is 3.04. The fraction of sp³-hybridized carbons (Fsp3) is 0.357. The molecule has 17 heavy (non-hydrogen) atoms. The van der Waals surface area contributed by atoms with Crippen molar-refractivity contribution in [2.75, 3.05) is 0 Å². The minimum Gasteiger partial charge on any atom is -0.295 e. The fourth-order valence-electron chi connectivity index (χ4n) is 2.08. The van der Waals surface area contributed by atoms with Gasteiger partial charge in [0.25, 0.3) is 5.56 Å². The quantitative estimate of drug-likeness (QED) is 0.861. The van der Waals surface area contributed by atoms with Crippen LogP contribution in [0.4, 0.5) is 0 Å². The van der Waals surface area contributed by atoms with E-state index in [9.17, 15) is 4.79 Å². The molecule has 3 nitrogen and oxygen atoms in total. The van der Waals surface area contributed by atoms with Gasteiger partial charge >= 0.3 is 0 Å². The highest BCUT2D eigenvalue weighted by Crippen LogP contribution is 2.19. The predicted octanol–water partition coefficient (Wildman–Crippen LogP) is 2.82. The third kappa shape index (κ3) is 2.18. The number of benzene rings is 1. The van der Waals surface area contributed by atoms with E-state index in [2.05, 4.69) is 12.0 Å². The first-order valence-electron chi connectivity index (χ1n) is 6.15. The standard InChI is InChI=1S/C14H18N2O/c1-3-10-16-14(17)12(4-2)13(15-16)11-8-6-5-7-9-11/h5-9,15H,3-4,10H2,1-2H3. The Labute approximate surface area is 101 Å². The molecule has 1 heterocycles. The first kappa shape index (κ1) is 11.7. The Morgan fingerprint density at radius 3 is 2.47 bits per heavy atom. The second kappa shape index (κ2) is 5.04. The van der Waals surface area contributed by atoms with Gasteiger partial charge in [-0.25, -0.2) is 0 Å². The van der Waals surface area contributed by atoms with Gasteiger partial charge in [0.15, 0.2) is 0 Å². The van der Waals surface area contributed by atoms with Crippen molar-refractivity contribution in [3.8, 4) is 11.3 Å². The predicted molar refractivity (Wildman–Crippen MR) is 70.2 cm³/mol. The lowest BCUT2D eigenvalue weighted by Crippen LogP contribution is -2.18. The minimum absolute atomic E-state index is 0.119. The smallest absolute Gasteiger partial charge is 0.270 e. The van der Waals surface area contributed by atoms with E-state index in [0.29, 0.717) is 0 Å². The lowest BCUT2D eigenvalue weighted by Gasteiger charge is -2.00. The van der Waals surface area contributed by atoms with Crippen LogP contribution in [0.15, 0.2) is 35.1 Å². The van der Waals surface area contributed by atoms with Crippen LogP contribution in [0.5, 0.6) is 0 Å². The SMILES string of the molecule is CCCn1[nH]c(-c2ccccc2)c(CC)c1=O. The molecule has 0 aliphatic carbocycles. The van der Waals surface area contributed by atoms with Gasteiger partial charge in [-0.3, -0.25) is 14.6 Å². The molecular formula is C14H18N2O. The highest BCUT2D eigenvalue weighted by molar-refractivity contribution is 5.62. The second-order valence-corrected chi connectivity index (χ2v) is 4.14. The number of aromatic nitrogens is 2. The van der Waals surface area contributed by atoms with Crippen molar-refractivity contribution in [2.45, 2.75) is 33.2 Å².